The zero-order valence-electron chi connectivity index (χ0n) is 15.0. The summed E-state index contributed by atoms with van der Waals surface area (Å²) in [7, 11) is 1.65. The van der Waals surface area contributed by atoms with Crippen LogP contribution in [0.3, 0.4) is 0 Å². The van der Waals surface area contributed by atoms with E-state index in [0.29, 0.717) is 5.69 Å². The lowest BCUT2D eigenvalue weighted by Gasteiger charge is -2.09. The Kier molecular flexibility index (Phi) is 6.05. The van der Waals surface area contributed by atoms with E-state index < -0.39 is 5.82 Å². The fourth-order valence-electron chi connectivity index (χ4n) is 2.65. The second-order valence-corrected chi connectivity index (χ2v) is 6.07. The monoisotopic (exact) mass is 364 g/mol. The lowest BCUT2D eigenvalue weighted by atomic mass is 10.1. The van der Waals surface area contributed by atoms with Gasteiger partial charge in [0.15, 0.2) is 0 Å². The van der Waals surface area contributed by atoms with E-state index in [0.717, 1.165) is 24.4 Å². The van der Waals surface area contributed by atoms with Gasteiger partial charge in [0.1, 0.15) is 11.6 Å². The number of ether oxygens (including phenoxy) is 1. The first-order chi connectivity index (χ1) is 13.1. The molecule has 0 aliphatic heterocycles. The van der Waals surface area contributed by atoms with Gasteiger partial charge >= 0.3 is 0 Å². The van der Waals surface area contributed by atoms with Gasteiger partial charge in [0.2, 0.25) is 0 Å². The molecule has 2 N–H and O–H groups in total. The Labute approximate surface area is 158 Å². The maximum absolute atomic E-state index is 13.2. The molecule has 0 aliphatic rings. The van der Waals surface area contributed by atoms with Crippen molar-refractivity contribution in [3.8, 4) is 5.75 Å². The van der Waals surface area contributed by atoms with Crippen LogP contribution in [0.4, 0.5) is 15.8 Å². The number of carbonyl (C=O) groups is 1. The number of hydrogen-bond donors (Lipinski definition) is 2. The standard InChI is InChI=1S/C22H21FN2O2/c1-27-21-11-5-16(6-12-21)13-14-24-19-7-9-20(10-8-19)25-22(26)17-3-2-4-18(23)15-17/h2-12,15,24H,13-14H2,1H3,(H,25,26). The third kappa shape index (κ3) is 5.31. The van der Waals surface area contributed by atoms with Gasteiger partial charge in [0, 0.05) is 23.5 Å². The Bertz CT molecular complexity index is 893. The molecule has 0 bridgehead atoms. The quantitative estimate of drug-likeness (QED) is 0.637. The fourth-order valence-corrected chi connectivity index (χ4v) is 2.65. The molecule has 138 valence electrons. The number of anilines is 2. The van der Waals surface area contributed by atoms with Crippen molar-refractivity contribution in [1.82, 2.24) is 0 Å². The largest absolute Gasteiger partial charge is 0.497 e. The molecule has 5 heteroatoms. The third-order valence-corrected chi connectivity index (χ3v) is 4.13. The molecule has 0 radical (unpaired) electrons. The normalized spacial score (nSPS) is 10.3. The van der Waals surface area contributed by atoms with Crippen molar-refractivity contribution in [2.24, 2.45) is 0 Å². The Morgan fingerprint density at radius 1 is 0.963 bits per heavy atom. The van der Waals surface area contributed by atoms with Crippen molar-refractivity contribution in [1.29, 1.82) is 0 Å². The first-order valence-corrected chi connectivity index (χ1v) is 8.68. The summed E-state index contributed by atoms with van der Waals surface area (Å²) >= 11 is 0. The van der Waals surface area contributed by atoms with Crippen LogP contribution >= 0.6 is 0 Å². The van der Waals surface area contributed by atoms with Gasteiger partial charge in [-0.2, -0.15) is 0 Å². The van der Waals surface area contributed by atoms with Crippen LogP contribution in [0, 0.1) is 5.82 Å². The van der Waals surface area contributed by atoms with Crippen LogP contribution < -0.4 is 15.4 Å². The summed E-state index contributed by atoms with van der Waals surface area (Å²) in [6, 6.07) is 21.0. The Balaban J connectivity index is 1.50. The molecule has 0 saturated heterocycles. The average molecular weight is 364 g/mol. The molecule has 0 heterocycles. The second kappa shape index (κ2) is 8.85. The number of halogens is 1. The minimum Gasteiger partial charge on any atom is -0.497 e. The first-order valence-electron chi connectivity index (χ1n) is 8.68. The van der Waals surface area contributed by atoms with E-state index in [1.54, 1.807) is 13.2 Å². The molecule has 4 nitrogen and oxygen atoms in total. The summed E-state index contributed by atoms with van der Waals surface area (Å²) in [5.41, 5.74) is 3.14. The van der Waals surface area contributed by atoms with Crippen LogP contribution in [0.15, 0.2) is 72.8 Å². The van der Waals surface area contributed by atoms with Crippen molar-refractivity contribution in [2.75, 3.05) is 24.3 Å². The SMILES string of the molecule is COc1ccc(CCNc2ccc(NC(=O)c3cccc(F)c3)cc2)cc1. The van der Waals surface area contributed by atoms with Gasteiger partial charge in [-0.3, -0.25) is 4.79 Å². The highest BCUT2D eigenvalue weighted by atomic mass is 19.1. The molecule has 0 unspecified atom stereocenters. The molecule has 3 aromatic rings. The number of rotatable bonds is 7. The number of amides is 1. The van der Waals surface area contributed by atoms with E-state index >= 15 is 0 Å². The zero-order valence-corrected chi connectivity index (χ0v) is 15.0. The smallest absolute Gasteiger partial charge is 0.255 e. The number of hydrogen-bond acceptors (Lipinski definition) is 3. The summed E-state index contributed by atoms with van der Waals surface area (Å²) in [6.45, 7) is 0.793. The minimum absolute atomic E-state index is 0.289. The number of nitrogens with one attached hydrogen (secondary N) is 2. The van der Waals surface area contributed by atoms with Crippen LogP contribution in [0.25, 0.3) is 0 Å². The molecule has 0 fully saturated rings. The molecule has 0 saturated carbocycles. The van der Waals surface area contributed by atoms with Gasteiger partial charge in [0.05, 0.1) is 7.11 Å². The zero-order chi connectivity index (χ0) is 19.1. The highest BCUT2D eigenvalue weighted by Crippen LogP contribution is 2.16. The predicted molar refractivity (Wildman–Crippen MR) is 106 cm³/mol. The topological polar surface area (TPSA) is 50.4 Å². The average Bonchev–Trinajstić information content (AvgIpc) is 2.70. The lowest BCUT2D eigenvalue weighted by molar-refractivity contribution is 0.102. The van der Waals surface area contributed by atoms with Gasteiger partial charge in [-0.1, -0.05) is 18.2 Å². The van der Waals surface area contributed by atoms with Crippen LogP contribution in [0.2, 0.25) is 0 Å². The van der Waals surface area contributed by atoms with Crippen LogP contribution in [-0.4, -0.2) is 19.6 Å². The van der Waals surface area contributed by atoms with Crippen molar-refractivity contribution in [3.63, 3.8) is 0 Å². The third-order valence-electron chi connectivity index (χ3n) is 4.13. The van der Waals surface area contributed by atoms with Crippen LogP contribution in [0.1, 0.15) is 15.9 Å². The number of carbonyl (C=O) groups excluding carboxylic acids is 1. The highest BCUT2D eigenvalue weighted by Gasteiger charge is 2.06. The molecule has 0 aliphatic carbocycles. The molecule has 0 spiro atoms. The Hall–Kier alpha value is -3.34. The van der Waals surface area contributed by atoms with E-state index in [1.165, 1.54) is 23.8 Å². The second-order valence-electron chi connectivity index (χ2n) is 6.07. The molecular formula is C22H21FN2O2. The lowest BCUT2D eigenvalue weighted by Crippen LogP contribution is -2.12. The number of methoxy groups -OCH3 is 1. The Morgan fingerprint density at radius 2 is 1.67 bits per heavy atom. The summed E-state index contributed by atoms with van der Waals surface area (Å²) in [6.07, 6.45) is 0.891. The first kappa shape index (κ1) is 18.5. The van der Waals surface area contributed by atoms with Gasteiger partial charge in [0.25, 0.3) is 5.91 Å². The summed E-state index contributed by atoms with van der Waals surface area (Å²) in [4.78, 5) is 12.1. The summed E-state index contributed by atoms with van der Waals surface area (Å²) in [5, 5.41) is 6.11. The molecule has 3 aromatic carbocycles. The Morgan fingerprint density at radius 3 is 2.33 bits per heavy atom. The van der Waals surface area contributed by atoms with Gasteiger partial charge in [-0.05, 0) is 66.6 Å². The predicted octanol–water partition coefficient (Wildman–Crippen LogP) is 4.74. The highest BCUT2D eigenvalue weighted by molar-refractivity contribution is 6.04. The van der Waals surface area contributed by atoms with Gasteiger partial charge in [-0.15, -0.1) is 0 Å². The molecule has 27 heavy (non-hydrogen) atoms. The minimum atomic E-state index is -0.431. The molecule has 1 amide bonds. The van der Waals surface area contributed by atoms with E-state index in [4.69, 9.17) is 4.74 Å². The van der Waals surface area contributed by atoms with Crippen molar-refractivity contribution >= 4 is 17.3 Å². The molecule has 0 aromatic heterocycles. The van der Waals surface area contributed by atoms with E-state index in [-0.39, 0.29) is 11.5 Å². The fraction of sp³-hybridized carbons (Fsp3) is 0.136. The van der Waals surface area contributed by atoms with E-state index in [9.17, 15) is 9.18 Å². The molecule has 0 atom stereocenters. The number of benzene rings is 3. The van der Waals surface area contributed by atoms with E-state index in [2.05, 4.69) is 10.6 Å². The van der Waals surface area contributed by atoms with Gasteiger partial charge < -0.3 is 15.4 Å². The molecule has 3 rings (SSSR count). The van der Waals surface area contributed by atoms with Gasteiger partial charge in [-0.25, -0.2) is 4.39 Å². The summed E-state index contributed by atoms with van der Waals surface area (Å²) < 4.78 is 18.4. The summed E-state index contributed by atoms with van der Waals surface area (Å²) in [5.74, 6) is 0.0800. The van der Waals surface area contributed by atoms with Crippen molar-refractivity contribution in [2.45, 2.75) is 6.42 Å². The van der Waals surface area contributed by atoms with E-state index in [1.807, 2.05) is 48.5 Å². The van der Waals surface area contributed by atoms with Crippen molar-refractivity contribution < 1.29 is 13.9 Å². The van der Waals surface area contributed by atoms with Crippen LogP contribution in [0.5, 0.6) is 5.75 Å². The molecular weight excluding hydrogens is 343 g/mol. The van der Waals surface area contributed by atoms with Crippen LogP contribution in [-0.2, 0) is 6.42 Å². The maximum Gasteiger partial charge on any atom is 0.255 e. The maximum atomic E-state index is 13.2. The van der Waals surface area contributed by atoms with Crippen molar-refractivity contribution in [3.05, 3.63) is 89.7 Å².